The van der Waals surface area contributed by atoms with Gasteiger partial charge >= 0.3 is 0 Å². The molecule has 3 aromatic rings. The van der Waals surface area contributed by atoms with Gasteiger partial charge in [0.25, 0.3) is 0 Å². The van der Waals surface area contributed by atoms with Crippen LogP contribution in [0, 0.1) is 5.92 Å². The molecular weight excluding hydrogens is 478 g/mol. The molecule has 2 N–H and O–H groups in total. The van der Waals surface area contributed by atoms with Crippen LogP contribution in [0.25, 0.3) is 0 Å². The second-order valence-electron chi connectivity index (χ2n) is 9.64. The van der Waals surface area contributed by atoms with Crippen LogP contribution in [-0.4, -0.2) is 20.6 Å². The van der Waals surface area contributed by atoms with Crippen LogP contribution in [-0.2, 0) is 4.79 Å². The SMILES string of the molecule is CC(C)C(=O)Nc1ccc(N2C(=S)N[C@H](c3ccccn3)[C@@H]2c2ccn(C3CCCC3)c2)cc1Cl. The standard InChI is InChI=1S/C27H30ClN5OS/c1-17(2)26(34)30-22-11-10-20(15-21(22)28)33-25(18-12-14-32(16-18)19-7-3-4-8-19)24(31-27(33)35)23-9-5-6-13-29-23/h5-6,9-17,19,24-25H,3-4,7-8H2,1-2H3,(H,30,34)(H,31,35)/t24-,25+/m1/s1. The van der Waals surface area contributed by atoms with Gasteiger partial charge in [-0.2, -0.15) is 0 Å². The Labute approximate surface area is 216 Å². The fraction of sp³-hybridized carbons (Fsp3) is 0.370. The average Bonchev–Trinajstić information content (AvgIpc) is 3.60. The first-order valence-electron chi connectivity index (χ1n) is 12.2. The van der Waals surface area contributed by atoms with Crippen molar-refractivity contribution in [3.63, 3.8) is 0 Å². The molecule has 1 amide bonds. The van der Waals surface area contributed by atoms with E-state index in [1.165, 1.54) is 31.2 Å². The number of anilines is 2. The third-order valence-corrected chi connectivity index (χ3v) is 7.56. The van der Waals surface area contributed by atoms with Crippen LogP contribution in [0.1, 0.15) is 68.9 Å². The van der Waals surface area contributed by atoms with Gasteiger partial charge in [0.2, 0.25) is 5.91 Å². The van der Waals surface area contributed by atoms with Gasteiger partial charge in [0, 0.05) is 36.2 Å². The third kappa shape index (κ3) is 4.80. The normalized spacial score (nSPS) is 20.5. The summed E-state index contributed by atoms with van der Waals surface area (Å²) in [4.78, 5) is 18.9. The highest BCUT2D eigenvalue weighted by atomic mass is 35.5. The zero-order valence-corrected chi connectivity index (χ0v) is 21.5. The molecule has 5 rings (SSSR count). The van der Waals surface area contributed by atoms with E-state index in [0.717, 1.165) is 11.4 Å². The Morgan fingerprint density at radius 1 is 1.20 bits per heavy atom. The van der Waals surface area contributed by atoms with Gasteiger partial charge in [-0.05, 0) is 67.0 Å². The summed E-state index contributed by atoms with van der Waals surface area (Å²) in [6.45, 7) is 3.71. The molecule has 2 aliphatic rings. The monoisotopic (exact) mass is 507 g/mol. The van der Waals surface area contributed by atoms with Gasteiger partial charge in [0.05, 0.1) is 28.5 Å². The van der Waals surface area contributed by atoms with Crippen molar-refractivity contribution in [3.8, 4) is 0 Å². The molecule has 1 aliphatic heterocycles. The molecule has 0 radical (unpaired) electrons. The Kier molecular flexibility index (Phi) is 6.80. The Morgan fingerprint density at radius 3 is 2.69 bits per heavy atom. The molecule has 0 spiro atoms. The van der Waals surface area contributed by atoms with E-state index >= 15 is 0 Å². The number of aromatic nitrogens is 2. The summed E-state index contributed by atoms with van der Waals surface area (Å²) in [6.07, 6.45) is 11.3. The summed E-state index contributed by atoms with van der Waals surface area (Å²) in [5.74, 6) is -0.201. The molecule has 35 heavy (non-hydrogen) atoms. The van der Waals surface area contributed by atoms with Crippen molar-refractivity contribution in [3.05, 3.63) is 77.3 Å². The van der Waals surface area contributed by atoms with Crippen LogP contribution in [0.15, 0.2) is 61.1 Å². The molecule has 182 valence electrons. The van der Waals surface area contributed by atoms with E-state index in [0.29, 0.717) is 21.9 Å². The summed E-state index contributed by atoms with van der Waals surface area (Å²) in [5.41, 5.74) is 3.57. The Hall–Kier alpha value is -2.90. The predicted molar refractivity (Wildman–Crippen MR) is 145 cm³/mol. The molecule has 0 unspecified atom stereocenters. The number of rotatable bonds is 6. The number of pyridine rings is 1. The first-order valence-corrected chi connectivity index (χ1v) is 13.0. The largest absolute Gasteiger partial charge is 0.351 e. The minimum atomic E-state index is -0.131. The lowest BCUT2D eigenvalue weighted by Gasteiger charge is -2.28. The van der Waals surface area contributed by atoms with Crippen LogP contribution in [0.2, 0.25) is 5.02 Å². The number of nitrogens with zero attached hydrogens (tertiary/aromatic N) is 3. The summed E-state index contributed by atoms with van der Waals surface area (Å²) in [6, 6.07) is 14.2. The molecule has 2 aromatic heterocycles. The van der Waals surface area contributed by atoms with Crippen molar-refractivity contribution in [2.45, 2.75) is 57.7 Å². The van der Waals surface area contributed by atoms with Gasteiger partial charge in [-0.25, -0.2) is 0 Å². The van der Waals surface area contributed by atoms with Gasteiger partial charge in [-0.15, -0.1) is 0 Å². The molecule has 6 nitrogen and oxygen atoms in total. The highest BCUT2D eigenvalue weighted by Crippen LogP contribution is 2.43. The number of thiocarbonyl (C=S) groups is 1. The number of amides is 1. The third-order valence-electron chi connectivity index (χ3n) is 6.94. The van der Waals surface area contributed by atoms with E-state index in [4.69, 9.17) is 23.8 Å². The number of hydrogen-bond donors (Lipinski definition) is 2. The van der Waals surface area contributed by atoms with Crippen LogP contribution >= 0.6 is 23.8 Å². The molecule has 0 bridgehead atoms. The van der Waals surface area contributed by atoms with E-state index in [9.17, 15) is 4.79 Å². The van der Waals surface area contributed by atoms with Crippen molar-refractivity contribution in [1.29, 1.82) is 0 Å². The average molecular weight is 508 g/mol. The molecule has 8 heteroatoms. The molecule has 2 fully saturated rings. The zero-order chi connectivity index (χ0) is 24.5. The van der Waals surface area contributed by atoms with Crippen LogP contribution in [0.4, 0.5) is 11.4 Å². The molecule has 1 saturated carbocycles. The summed E-state index contributed by atoms with van der Waals surface area (Å²) < 4.78 is 2.36. The number of benzene rings is 1. The van der Waals surface area contributed by atoms with Crippen molar-refractivity contribution >= 4 is 46.2 Å². The quantitative estimate of drug-likeness (QED) is 0.377. The summed E-state index contributed by atoms with van der Waals surface area (Å²) in [7, 11) is 0. The molecule has 3 heterocycles. The fourth-order valence-electron chi connectivity index (χ4n) is 5.04. The summed E-state index contributed by atoms with van der Waals surface area (Å²) in [5, 5.41) is 7.49. The zero-order valence-electron chi connectivity index (χ0n) is 19.9. The fourth-order valence-corrected chi connectivity index (χ4v) is 5.61. The molecule has 1 aromatic carbocycles. The molecular formula is C27H30ClN5OS. The maximum absolute atomic E-state index is 12.2. The second-order valence-corrected chi connectivity index (χ2v) is 10.4. The number of carbonyl (C=O) groups excluding carboxylic acids is 1. The lowest BCUT2D eigenvalue weighted by Crippen LogP contribution is -2.29. The minimum absolute atomic E-state index is 0.0700. The first kappa shape index (κ1) is 23.8. The Balaban J connectivity index is 1.52. The van der Waals surface area contributed by atoms with E-state index in [1.807, 2.05) is 56.4 Å². The number of nitrogens with one attached hydrogen (secondary N) is 2. The highest BCUT2D eigenvalue weighted by molar-refractivity contribution is 7.80. The van der Waals surface area contributed by atoms with Gasteiger partial charge in [0.1, 0.15) is 0 Å². The smallest absolute Gasteiger partial charge is 0.226 e. The molecule has 1 aliphatic carbocycles. The van der Waals surface area contributed by atoms with Crippen LogP contribution < -0.4 is 15.5 Å². The van der Waals surface area contributed by atoms with Gasteiger partial charge in [0.15, 0.2) is 5.11 Å². The first-order chi connectivity index (χ1) is 16.9. The van der Waals surface area contributed by atoms with Crippen molar-refractivity contribution in [1.82, 2.24) is 14.9 Å². The van der Waals surface area contributed by atoms with Crippen LogP contribution in [0.5, 0.6) is 0 Å². The maximum Gasteiger partial charge on any atom is 0.226 e. The van der Waals surface area contributed by atoms with Gasteiger partial charge in [-0.1, -0.05) is 44.4 Å². The van der Waals surface area contributed by atoms with E-state index in [1.54, 1.807) is 0 Å². The second kappa shape index (κ2) is 9.99. The van der Waals surface area contributed by atoms with Crippen molar-refractivity contribution in [2.24, 2.45) is 5.92 Å². The van der Waals surface area contributed by atoms with E-state index in [2.05, 4.69) is 43.5 Å². The lowest BCUT2D eigenvalue weighted by atomic mass is 9.98. The van der Waals surface area contributed by atoms with Gasteiger partial charge in [-0.3, -0.25) is 9.78 Å². The number of halogens is 1. The predicted octanol–water partition coefficient (Wildman–Crippen LogP) is 6.42. The Morgan fingerprint density at radius 2 is 2.00 bits per heavy atom. The van der Waals surface area contributed by atoms with Crippen molar-refractivity contribution < 1.29 is 4.79 Å². The lowest BCUT2D eigenvalue weighted by molar-refractivity contribution is -0.118. The maximum atomic E-state index is 12.2. The number of hydrogen-bond acceptors (Lipinski definition) is 3. The highest BCUT2D eigenvalue weighted by Gasteiger charge is 2.41. The minimum Gasteiger partial charge on any atom is -0.351 e. The molecule has 2 atom stereocenters. The van der Waals surface area contributed by atoms with E-state index in [-0.39, 0.29) is 23.9 Å². The number of carbonyl (C=O) groups is 1. The van der Waals surface area contributed by atoms with Crippen molar-refractivity contribution in [2.75, 3.05) is 10.2 Å². The van der Waals surface area contributed by atoms with Gasteiger partial charge < -0.3 is 20.1 Å². The van der Waals surface area contributed by atoms with Crippen LogP contribution in [0.3, 0.4) is 0 Å². The molecule has 1 saturated heterocycles. The topological polar surface area (TPSA) is 62.2 Å². The summed E-state index contributed by atoms with van der Waals surface area (Å²) >= 11 is 12.5. The Bertz CT molecular complexity index is 1220. The van der Waals surface area contributed by atoms with E-state index < -0.39 is 0 Å².